The Morgan fingerprint density at radius 1 is 0.676 bits per heavy atom. The third-order valence-electron chi connectivity index (χ3n) is 9.68. The van der Waals surface area contributed by atoms with Crippen molar-refractivity contribution in [3.05, 3.63) is 125 Å². The summed E-state index contributed by atoms with van der Waals surface area (Å²) in [6.45, 7) is 6.99. The molecule has 1 saturated carbocycles. The molecule has 5 aromatic rings. The first kappa shape index (κ1) is 20.1. The van der Waals surface area contributed by atoms with Gasteiger partial charge < -0.3 is 0 Å². The Hall–Kier alpha value is -3.98. The van der Waals surface area contributed by atoms with E-state index in [9.17, 15) is 0 Å². The van der Waals surface area contributed by atoms with Crippen molar-refractivity contribution in [2.45, 2.75) is 38.3 Å². The number of pyridine rings is 2. The SMILES string of the molecule is Cc1cc(C)c(B2c3cccc4[n+]3C3[C@H](c5ccccc5-4)C34c3ccccc3-c3cccc2[n+]34)c(C)c1. The van der Waals surface area contributed by atoms with Crippen molar-refractivity contribution >= 4 is 23.4 Å². The molecule has 4 aliphatic rings. The van der Waals surface area contributed by atoms with Crippen molar-refractivity contribution in [3.63, 3.8) is 0 Å². The lowest BCUT2D eigenvalue weighted by Gasteiger charge is -2.20. The Bertz CT molecular complexity index is 1810. The average molecular weight is 474 g/mol. The number of aryl methyl sites for hydroxylation is 3. The maximum atomic E-state index is 2.77. The molecule has 37 heavy (non-hydrogen) atoms. The molecule has 0 N–H and O–H groups in total. The van der Waals surface area contributed by atoms with Gasteiger partial charge in [0.25, 0.3) is 5.54 Å². The van der Waals surface area contributed by atoms with Crippen LogP contribution in [-0.2, 0) is 5.54 Å². The summed E-state index contributed by atoms with van der Waals surface area (Å²) in [6, 6.07) is 37.5. The molecule has 3 heteroatoms. The van der Waals surface area contributed by atoms with Gasteiger partial charge >= 0.3 is 6.71 Å². The summed E-state index contributed by atoms with van der Waals surface area (Å²) < 4.78 is 5.52. The van der Waals surface area contributed by atoms with Crippen molar-refractivity contribution in [2.24, 2.45) is 0 Å². The van der Waals surface area contributed by atoms with Crippen LogP contribution in [0.5, 0.6) is 0 Å². The van der Waals surface area contributed by atoms with Gasteiger partial charge in [0, 0.05) is 17.7 Å². The molecule has 3 aromatic carbocycles. The van der Waals surface area contributed by atoms with Crippen LogP contribution < -0.4 is 25.8 Å². The topological polar surface area (TPSA) is 7.76 Å². The van der Waals surface area contributed by atoms with Crippen LogP contribution in [0.2, 0.25) is 0 Å². The van der Waals surface area contributed by atoms with Crippen LogP contribution >= 0.6 is 0 Å². The number of hydrogen-bond acceptors (Lipinski definition) is 0. The minimum absolute atomic E-state index is 0.0914. The highest BCUT2D eigenvalue weighted by Gasteiger charge is 2.87. The van der Waals surface area contributed by atoms with E-state index in [0.717, 1.165) is 0 Å². The zero-order valence-corrected chi connectivity index (χ0v) is 21.4. The van der Waals surface area contributed by atoms with E-state index in [4.69, 9.17) is 0 Å². The van der Waals surface area contributed by atoms with Gasteiger partial charge in [0.2, 0.25) is 17.4 Å². The summed E-state index contributed by atoms with van der Waals surface area (Å²) in [6.07, 6.45) is 0. The van der Waals surface area contributed by atoms with Crippen molar-refractivity contribution < 1.29 is 9.13 Å². The first-order chi connectivity index (χ1) is 18.1. The van der Waals surface area contributed by atoms with Crippen LogP contribution in [0.15, 0.2) is 97.1 Å². The second-order valence-electron chi connectivity index (χ2n) is 11.5. The Kier molecular flexibility index (Phi) is 3.52. The van der Waals surface area contributed by atoms with Crippen molar-refractivity contribution in [1.82, 2.24) is 0 Å². The molecule has 2 unspecified atom stereocenters. The third-order valence-corrected chi connectivity index (χ3v) is 9.68. The van der Waals surface area contributed by atoms with Gasteiger partial charge in [-0.25, -0.2) is 0 Å². The van der Waals surface area contributed by atoms with Gasteiger partial charge in [-0.15, -0.1) is 0 Å². The zero-order chi connectivity index (χ0) is 24.6. The van der Waals surface area contributed by atoms with Crippen molar-refractivity contribution in [3.8, 4) is 22.5 Å². The molecule has 0 saturated heterocycles. The number of benzene rings is 3. The maximum absolute atomic E-state index is 2.77. The summed E-state index contributed by atoms with van der Waals surface area (Å²) in [5.41, 5.74) is 16.8. The molecular weight excluding hydrogens is 447 g/mol. The molecule has 5 heterocycles. The highest BCUT2D eigenvalue weighted by atomic mass is 15.3. The Labute approximate surface area is 218 Å². The second kappa shape index (κ2) is 6.47. The standard InChI is InChI=1S/C34H27BN2/c1-20-18-21(2)32(22(3)19-20)35-29-16-8-14-27-23-10-4-5-11-24(23)31-33(36(27)29)34(31)26-13-7-6-12-25(26)28-15-9-17-30(35)37(28)34/h4-19,31,33H,1-3H3/q+2/t31-,33?,34?/m0/s1. The van der Waals surface area contributed by atoms with Gasteiger partial charge in [-0.3, -0.25) is 0 Å². The van der Waals surface area contributed by atoms with Crippen LogP contribution in [0.4, 0.5) is 0 Å². The minimum Gasteiger partial charge on any atom is -0.193 e. The molecule has 1 aliphatic carbocycles. The van der Waals surface area contributed by atoms with E-state index in [-0.39, 0.29) is 12.3 Å². The summed E-state index contributed by atoms with van der Waals surface area (Å²) in [7, 11) is 0. The number of rotatable bonds is 1. The molecule has 1 spiro atoms. The molecule has 9 rings (SSSR count). The zero-order valence-electron chi connectivity index (χ0n) is 21.4. The predicted octanol–water partition coefficient (Wildman–Crippen LogP) is 3.76. The fraction of sp³-hybridized carbons (Fsp3) is 0.176. The summed E-state index contributed by atoms with van der Waals surface area (Å²) in [5.74, 6) is 0.428. The van der Waals surface area contributed by atoms with Crippen LogP contribution in [0.25, 0.3) is 22.5 Å². The fourth-order valence-electron chi connectivity index (χ4n) is 8.66. The average Bonchev–Trinajstić information content (AvgIpc) is 3.53. The number of hydrogen-bond donors (Lipinski definition) is 0. The van der Waals surface area contributed by atoms with Gasteiger partial charge in [0.05, 0.1) is 11.1 Å². The predicted molar refractivity (Wildman–Crippen MR) is 148 cm³/mol. The van der Waals surface area contributed by atoms with Gasteiger partial charge in [0.1, 0.15) is 5.92 Å². The first-order valence-electron chi connectivity index (χ1n) is 13.5. The lowest BCUT2D eigenvalue weighted by Crippen LogP contribution is -2.71. The smallest absolute Gasteiger partial charge is 0.193 e. The molecule has 3 aliphatic heterocycles. The van der Waals surface area contributed by atoms with E-state index in [1.807, 2.05) is 0 Å². The molecule has 174 valence electrons. The summed E-state index contributed by atoms with van der Waals surface area (Å²) in [4.78, 5) is 0. The molecule has 2 aromatic heterocycles. The fourth-order valence-corrected chi connectivity index (χ4v) is 8.66. The highest BCUT2D eigenvalue weighted by Crippen LogP contribution is 2.70. The Morgan fingerprint density at radius 2 is 1.35 bits per heavy atom. The second-order valence-corrected chi connectivity index (χ2v) is 11.5. The van der Waals surface area contributed by atoms with E-state index in [0.29, 0.717) is 12.0 Å². The lowest BCUT2D eigenvalue weighted by atomic mass is 9.38. The maximum Gasteiger partial charge on any atom is 0.406 e. The third kappa shape index (κ3) is 2.14. The molecule has 2 nitrogen and oxygen atoms in total. The summed E-state index contributed by atoms with van der Waals surface area (Å²) in [5, 5.41) is 0. The Balaban J connectivity index is 1.50. The lowest BCUT2D eigenvalue weighted by molar-refractivity contribution is -0.752. The molecule has 0 bridgehead atoms. The number of nitrogens with zero attached hydrogens (tertiary/aromatic N) is 2. The molecular formula is C34H27BN2+2. The van der Waals surface area contributed by atoms with E-state index in [1.54, 1.807) is 0 Å². The molecule has 0 radical (unpaired) electrons. The first-order valence-corrected chi connectivity index (χ1v) is 13.5. The molecule has 3 atom stereocenters. The van der Waals surface area contributed by atoms with E-state index < -0.39 is 0 Å². The largest absolute Gasteiger partial charge is 0.406 e. The highest BCUT2D eigenvalue weighted by molar-refractivity contribution is 6.94. The van der Waals surface area contributed by atoms with Crippen LogP contribution in [0.3, 0.4) is 0 Å². The number of fused-ring (bicyclic) bond motifs is 5. The van der Waals surface area contributed by atoms with Gasteiger partial charge in [-0.1, -0.05) is 77.4 Å². The monoisotopic (exact) mass is 474 g/mol. The molecule has 1 fully saturated rings. The minimum atomic E-state index is -0.0914. The number of aromatic nitrogens is 2. The van der Waals surface area contributed by atoms with Crippen molar-refractivity contribution in [2.75, 3.05) is 0 Å². The quantitative estimate of drug-likeness (QED) is 0.258. The van der Waals surface area contributed by atoms with E-state index >= 15 is 0 Å². The van der Waals surface area contributed by atoms with Crippen LogP contribution in [0, 0.1) is 20.8 Å². The van der Waals surface area contributed by atoms with Crippen LogP contribution in [-0.4, -0.2) is 6.71 Å². The van der Waals surface area contributed by atoms with Gasteiger partial charge in [-0.2, -0.15) is 9.13 Å². The van der Waals surface area contributed by atoms with Gasteiger partial charge in [0.15, 0.2) is 11.2 Å². The Morgan fingerprint density at radius 3 is 2.16 bits per heavy atom. The van der Waals surface area contributed by atoms with Gasteiger partial charge in [-0.05, 0) is 56.1 Å². The normalized spacial score (nSPS) is 22.5. The molecule has 0 amide bonds. The van der Waals surface area contributed by atoms with E-state index in [2.05, 4.69) is 127 Å². The van der Waals surface area contributed by atoms with Crippen LogP contribution in [0.1, 0.15) is 39.8 Å². The summed E-state index contributed by atoms with van der Waals surface area (Å²) >= 11 is 0. The van der Waals surface area contributed by atoms with Crippen molar-refractivity contribution in [1.29, 1.82) is 0 Å². The van der Waals surface area contributed by atoms with E-state index in [1.165, 1.54) is 67.0 Å².